The van der Waals surface area contributed by atoms with Crippen LogP contribution in [0.5, 0.6) is 0 Å². The molecule has 1 aromatic carbocycles. The summed E-state index contributed by atoms with van der Waals surface area (Å²) in [7, 11) is 1.90. The Bertz CT molecular complexity index is 620. The van der Waals surface area contributed by atoms with Gasteiger partial charge in [-0.05, 0) is 30.4 Å². The molecule has 1 aliphatic carbocycles. The largest absolute Gasteiger partial charge is 0.373 e. The van der Waals surface area contributed by atoms with E-state index in [0.29, 0.717) is 5.92 Å². The van der Waals surface area contributed by atoms with Gasteiger partial charge in [-0.1, -0.05) is 31.2 Å². The van der Waals surface area contributed by atoms with Crippen LogP contribution in [-0.4, -0.2) is 17.0 Å². The fraction of sp³-hybridized carbons (Fsp3) is 0.412. The molecule has 4 heteroatoms. The van der Waals surface area contributed by atoms with Gasteiger partial charge in [0.15, 0.2) is 0 Å². The van der Waals surface area contributed by atoms with E-state index in [9.17, 15) is 0 Å². The Labute approximate surface area is 126 Å². The van der Waals surface area contributed by atoms with Gasteiger partial charge in [0.2, 0.25) is 0 Å². The summed E-state index contributed by atoms with van der Waals surface area (Å²) in [6.07, 6.45) is 3.48. The quantitative estimate of drug-likeness (QED) is 0.850. The van der Waals surface area contributed by atoms with E-state index in [2.05, 4.69) is 51.8 Å². The summed E-state index contributed by atoms with van der Waals surface area (Å²) in [4.78, 5) is 9.19. The molecule has 3 rings (SSSR count). The highest BCUT2D eigenvalue weighted by molar-refractivity contribution is 5.48. The van der Waals surface area contributed by atoms with Crippen molar-refractivity contribution >= 4 is 11.6 Å². The minimum atomic E-state index is 0.557. The number of aryl methyl sites for hydroxylation is 1. The number of aromatic nitrogens is 2. The van der Waals surface area contributed by atoms with Gasteiger partial charge in [-0.15, -0.1) is 0 Å². The monoisotopic (exact) mass is 282 g/mol. The minimum Gasteiger partial charge on any atom is -0.373 e. The first-order chi connectivity index (χ1) is 10.3. The molecule has 1 saturated carbocycles. The van der Waals surface area contributed by atoms with Crippen molar-refractivity contribution in [2.24, 2.45) is 0 Å². The van der Waals surface area contributed by atoms with Crippen LogP contribution in [0.2, 0.25) is 0 Å². The topological polar surface area (TPSA) is 49.8 Å². The molecule has 4 nitrogen and oxygen atoms in total. The van der Waals surface area contributed by atoms with Crippen molar-refractivity contribution in [3.05, 3.63) is 47.3 Å². The average Bonchev–Trinajstić information content (AvgIpc) is 3.37. The molecule has 0 aliphatic heterocycles. The van der Waals surface area contributed by atoms with Crippen LogP contribution in [0, 0.1) is 0 Å². The van der Waals surface area contributed by atoms with Crippen molar-refractivity contribution in [1.82, 2.24) is 9.97 Å². The Morgan fingerprint density at radius 3 is 2.48 bits per heavy atom. The zero-order valence-corrected chi connectivity index (χ0v) is 12.7. The highest BCUT2D eigenvalue weighted by Gasteiger charge is 2.27. The smallest absolute Gasteiger partial charge is 0.136 e. The first-order valence-electron chi connectivity index (χ1n) is 7.67. The van der Waals surface area contributed by atoms with Gasteiger partial charge in [0, 0.05) is 25.6 Å². The van der Waals surface area contributed by atoms with Crippen molar-refractivity contribution in [2.45, 2.75) is 38.6 Å². The molecule has 2 N–H and O–H groups in total. The fourth-order valence-electron chi connectivity index (χ4n) is 2.47. The molecule has 1 aromatic heterocycles. The number of nitrogens with one attached hydrogen (secondary N) is 2. The van der Waals surface area contributed by atoms with E-state index in [1.54, 1.807) is 0 Å². The van der Waals surface area contributed by atoms with E-state index in [0.717, 1.165) is 30.4 Å². The molecule has 0 saturated heterocycles. The summed E-state index contributed by atoms with van der Waals surface area (Å²) in [5, 5.41) is 6.56. The molecule has 110 valence electrons. The molecule has 0 bridgehead atoms. The molecule has 1 fully saturated rings. The van der Waals surface area contributed by atoms with Gasteiger partial charge in [0.1, 0.15) is 17.5 Å². The van der Waals surface area contributed by atoms with Crippen LogP contribution in [-0.2, 0) is 13.0 Å². The molecule has 0 unspecified atom stereocenters. The number of anilines is 2. The first kappa shape index (κ1) is 13.9. The van der Waals surface area contributed by atoms with E-state index in [-0.39, 0.29) is 0 Å². The molecule has 1 aliphatic rings. The molecular formula is C17H22N4. The summed E-state index contributed by atoms with van der Waals surface area (Å²) >= 11 is 0. The summed E-state index contributed by atoms with van der Waals surface area (Å²) < 4.78 is 0. The summed E-state index contributed by atoms with van der Waals surface area (Å²) in [5.74, 6) is 3.32. The zero-order chi connectivity index (χ0) is 14.7. The van der Waals surface area contributed by atoms with Gasteiger partial charge < -0.3 is 10.6 Å². The molecule has 0 atom stereocenters. The molecule has 21 heavy (non-hydrogen) atoms. The summed E-state index contributed by atoms with van der Waals surface area (Å²) in [6.45, 7) is 2.99. The maximum Gasteiger partial charge on any atom is 0.136 e. The van der Waals surface area contributed by atoms with Gasteiger partial charge in [-0.25, -0.2) is 9.97 Å². The Hall–Kier alpha value is -2.10. The minimum absolute atomic E-state index is 0.557. The Kier molecular flexibility index (Phi) is 4.04. The van der Waals surface area contributed by atoms with Crippen molar-refractivity contribution < 1.29 is 0 Å². The SMILES string of the molecule is CCc1ccccc1CNc1cc(NC)nc(C2CC2)n1. The second-order valence-corrected chi connectivity index (χ2v) is 5.50. The lowest BCUT2D eigenvalue weighted by molar-refractivity contribution is 0.920. The lowest BCUT2D eigenvalue weighted by Crippen LogP contribution is -2.07. The predicted molar refractivity (Wildman–Crippen MR) is 86.7 cm³/mol. The lowest BCUT2D eigenvalue weighted by atomic mass is 10.1. The van der Waals surface area contributed by atoms with E-state index >= 15 is 0 Å². The fourth-order valence-corrected chi connectivity index (χ4v) is 2.47. The van der Waals surface area contributed by atoms with Crippen LogP contribution in [0.25, 0.3) is 0 Å². The van der Waals surface area contributed by atoms with Crippen LogP contribution in [0.15, 0.2) is 30.3 Å². The summed E-state index contributed by atoms with van der Waals surface area (Å²) in [5.41, 5.74) is 2.72. The normalized spacial score (nSPS) is 14.0. The van der Waals surface area contributed by atoms with Crippen molar-refractivity contribution in [3.8, 4) is 0 Å². The molecule has 0 radical (unpaired) electrons. The lowest BCUT2D eigenvalue weighted by Gasteiger charge is -2.11. The van der Waals surface area contributed by atoms with Gasteiger partial charge in [0.05, 0.1) is 0 Å². The third-order valence-electron chi connectivity index (χ3n) is 3.90. The Balaban J connectivity index is 1.76. The Morgan fingerprint density at radius 2 is 1.81 bits per heavy atom. The maximum atomic E-state index is 4.65. The standard InChI is InChI=1S/C17H22N4/c1-3-12-6-4-5-7-14(12)11-19-16-10-15(18-2)20-17(21-16)13-8-9-13/h4-7,10,13H,3,8-9,11H2,1-2H3,(H2,18,19,20,21). The van der Waals surface area contributed by atoms with Crippen LogP contribution in [0.4, 0.5) is 11.6 Å². The van der Waals surface area contributed by atoms with Crippen LogP contribution >= 0.6 is 0 Å². The first-order valence-corrected chi connectivity index (χ1v) is 7.67. The second-order valence-electron chi connectivity index (χ2n) is 5.50. The number of benzene rings is 1. The number of hydrogen-bond acceptors (Lipinski definition) is 4. The van der Waals surface area contributed by atoms with E-state index in [4.69, 9.17) is 0 Å². The van der Waals surface area contributed by atoms with Crippen molar-refractivity contribution in [1.29, 1.82) is 0 Å². The van der Waals surface area contributed by atoms with Crippen LogP contribution < -0.4 is 10.6 Å². The predicted octanol–water partition coefficient (Wildman–Crippen LogP) is 3.57. The molecule has 1 heterocycles. The number of nitrogens with zero attached hydrogens (tertiary/aromatic N) is 2. The zero-order valence-electron chi connectivity index (χ0n) is 12.7. The third-order valence-corrected chi connectivity index (χ3v) is 3.90. The second kappa shape index (κ2) is 6.12. The molecule has 2 aromatic rings. The average molecular weight is 282 g/mol. The highest BCUT2D eigenvalue weighted by atomic mass is 15.1. The van der Waals surface area contributed by atoms with Crippen LogP contribution in [0.3, 0.4) is 0 Å². The van der Waals surface area contributed by atoms with E-state index in [1.807, 2.05) is 13.1 Å². The van der Waals surface area contributed by atoms with E-state index < -0.39 is 0 Å². The third kappa shape index (κ3) is 3.32. The van der Waals surface area contributed by atoms with Gasteiger partial charge in [-0.3, -0.25) is 0 Å². The van der Waals surface area contributed by atoms with Crippen molar-refractivity contribution in [2.75, 3.05) is 17.7 Å². The highest BCUT2D eigenvalue weighted by Crippen LogP contribution is 2.38. The molecular weight excluding hydrogens is 260 g/mol. The Morgan fingerprint density at radius 1 is 1.10 bits per heavy atom. The van der Waals surface area contributed by atoms with Crippen molar-refractivity contribution in [3.63, 3.8) is 0 Å². The van der Waals surface area contributed by atoms with Gasteiger partial charge >= 0.3 is 0 Å². The molecule has 0 amide bonds. The molecule has 0 spiro atoms. The maximum absolute atomic E-state index is 4.65. The van der Waals surface area contributed by atoms with Crippen LogP contribution in [0.1, 0.15) is 42.6 Å². The van der Waals surface area contributed by atoms with Gasteiger partial charge in [-0.2, -0.15) is 0 Å². The number of hydrogen-bond donors (Lipinski definition) is 2. The number of rotatable bonds is 6. The van der Waals surface area contributed by atoms with E-state index in [1.165, 1.54) is 24.0 Å². The van der Waals surface area contributed by atoms with Gasteiger partial charge in [0.25, 0.3) is 0 Å². The summed E-state index contributed by atoms with van der Waals surface area (Å²) in [6, 6.07) is 10.5.